The molecule has 2 aliphatic rings. The van der Waals surface area contributed by atoms with Crippen molar-refractivity contribution in [3.8, 4) is 11.5 Å². The first-order valence-electron chi connectivity index (χ1n) is 10.5. The molecule has 2 fully saturated rings. The van der Waals surface area contributed by atoms with E-state index in [2.05, 4.69) is 10.6 Å². The van der Waals surface area contributed by atoms with Crippen LogP contribution in [0.5, 0.6) is 11.5 Å². The summed E-state index contributed by atoms with van der Waals surface area (Å²) in [5.41, 5.74) is 0. The van der Waals surface area contributed by atoms with Crippen molar-refractivity contribution in [3.63, 3.8) is 0 Å². The number of carbonyl (C=O) groups excluding carboxylic acids is 2. The highest BCUT2D eigenvalue weighted by molar-refractivity contribution is 6.31. The number of benzene rings is 2. The summed E-state index contributed by atoms with van der Waals surface area (Å²) in [6.07, 6.45) is 2.41. The number of nitrogens with one attached hydrogen (secondary N) is 2. The van der Waals surface area contributed by atoms with E-state index in [0.29, 0.717) is 0 Å². The van der Waals surface area contributed by atoms with E-state index in [1.807, 2.05) is 0 Å². The number of rotatable bonds is 8. The van der Waals surface area contributed by atoms with Crippen molar-refractivity contribution in [1.29, 1.82) is 0 Å². The molecule has 2 aromatic rings. The molecule has 2 aromatic carbocycles. The van der Waals surface area contributed by atoms with Gasteiger partial charge in [-0.3, -0.25) is 9.59 Å². The Labute approximate surface area is 199 Å². The maximum absolute atomic E-state index is 13.5. The third-order valence-electron chi connectivity index (χ3n) is 6.07. The second-order valence-electron chi connectivity index (χ2n) is 8.30. The van der Waals surface area contributed by atoms with Crippen molar-refractivity contribution in [3.05, 3.63) is 58.1 Å². The van der Waals surface area contributed by atoms with Crippen LogP contribution in [0, 0.1) is 23.5 Å². The lowest BCUT2D eigenvalue weighted by Crippen LogP contribution is -2.47. The van der Waals surface area contributed by atoms with E-state index in [0.717, 1.165) is 31.4 Å². The molecule has 0 saturated heterocycles. The fourth-order valence-electron chi connectivity index (χ4n) is 4.56. The SMILES string of the molecule is O=C(COc1ccc(Cl)c(F)c1)N[C@@H]1C[C@@H]2C[C@H]1C[C@H]2NC(=O)COc1ccc(Cl)c(F)c1. The van der Waals surface area contributed by atoms with Gasteiger partial charge in [0.2, 0.25) is 0 Å². The highest BCUT2D eigenvalue weighted by atomic mass is 35.5. The van der Waals surface area contributed by atoms with E-state index in [1.165, 1.54) is 24.3 Å². The zero-order chi connectivity index (χ0) is 23.5. The van der Waals surface area contributed by atoms with Crippen LogP contribution in [0.25, 0.3) is 0 Å². The molecule has 0 spiro atoms. The molecule has 2 saturated carbocycles. The standard InChI is InChI=1S/C23H22Cl2F2N2O4/c24-16-3-1-14(8-18(16)26)32-10-22(30)28-20-6-13-5-12(20)7-21(13)29-23(31)11-33-15-2-4-17(25)19(27)9-15/h1-4,8-9,12-13,20-21H,5-7,10-11H2,(H,28,30)(H,29,31)/t12-,13-,20+,21+/m0/s1. The van der Waals surface area contributed by atoms with Gasteiger partial charge < -0.3 is 20.1 Å². The number of hydrogen-bond donors (Lipinski definition) is 2. The number of fused-ring (bicyclic) bond motifs is 2. The van der Waals surface area contributed by atoms with Gasteiger partial charge in [-0.1, -0.05) is 23.2 Å². The smallest absolute Gasteiger partial charge is 0.258 e. The van der Waals surface area contributed by atoms with Crippen molar-refractivity contribution in [2.24, 2.45) is 11.8 Å². The molecule has 2 amide bonds. The Bertz CT molecular complexity index is 974. The molecule has 4 atom stereocenters. The van der Waals surface area contributed by atoms with E-state index in [1.54, 1.807) is 0 Å². The van der Waals surface area contributed by atoms with E-state index in [4.69, 9.17) is 32.7 Å². The highest BCUT2D eigenvalue weighted by Gasteiger charge is 2.46. The predicted molar refractivity (Wildman–Crippen MR) is 119 cm³/mol. The van der Waals surface area contributed by atoms with E-state index < -0.39 is 11.6 Å². The van der Waals surface area contributed by atoms with Crippen molar-refractivity contribution in [2.45, 2.75) is 31.3 Å². The van der Waals surface area contributed by atoms with Crippen molar-refractivity contribution in [2.75, 3.05) is 13.2 Å². The average molecular weight is 499 g/mol. The van der Waals surface area contributed by atoms with Gasteiger partial charge in [-0.25, -0.2) is 8.78 Å². The molecule has 33 heavy (non-hydrogen) atoms. The molecule has 2 bridgehead atoms. The minimum Gasteiger partial charge on any atom is -0.484 e. The molecule has 0 heterocycles. The summed E-state index contributed by atoms with van der Waals surface area (Å²) in [6, 6.07) is 8.01. The zero-order valence-electron chi connectivity index (χ0n) is 17.5. The van der Waals surface area contributed by atoms with Crippen LogP contribution in [0.2, 0.25) is 10.0 Å². The summed E-state index contributed by atoms with van der Waals surface area (Å²) < 4.78 is 37.6. The maximum atomic E-state index is 13.5. The maximum Gasteiger partial charge on any atom is 0.258 e. The molecule has 10 heteroatoms. The van der Waals surface area contributed by atoms with Gasteiger partial charge in [0.25, 0.3) is 11.8 Å². The van der Waals surface area contributed by atoms with Crippen LogP contribution in [0.4, 0.5) is 8.78 Å². The molecule has 176 valence electrons. The van der Waals surface area contributed by atoms with Gasteiger partial charge in [-0.15, -0.1) is 0 Å². The number of carbonyl (C=O) groups is 2. The molecule has 2 aliphatic carbocycles. The Morgan fingerprint density at radius 3 is 1.58 bits per heavy atom. The Balaban J connectivity index is 1.18. The van der Waals surface area contributed by atoms with E-state index in [-0.39, 0.29) is 70.5 Å². The predicted octanol–water partition coefficient (Wildman–Crippen LogP) is 4.13. The van der Waals surface area contributed by atoms with Crippen molar-refractivity contribution < 1.29 is 27.8 Å². The third kappa shape index (κ3) is 5.86. The summed E-state index contributed by atoms with van der Waals surface area (Å²) >= 11 is 11.3. The molecule has 4 rings (SSSR count). The Morgan fingerprint density at radius 1 is 0.788 bits per heavy atom. The van der Waals surface area contributed by atoms with Crippen molar-refractivity contribution >= 4 is 35.0 Å². The molecule has 0 aromatic heterocycles. The Hall–Kier alpha value is -2.58. The second kappa shape index (κ2) is 10.1. The second-order valence-corrected chi connectivity index (χ2v) is 9.12. The molecule has 0 aliphatic heterocycles. The van der Waals surface area contributed by atoms with Crippen LogP contribution in [0.3, 0.4) is 0 Å². The fourth-order valence-corrected chi connectivity index (χ4v) is 4.79. The van der Waals surface area contributed by atoms with Crippen LogP contribution < -0.4 is 20.1 Å². The lowest BCUT2D eigenvalue weighted by molar-refractivity contribution is -0.125. The largest absolute Gasteiger partial charge is 0.484 e. The van der Waals surface area contributed by atoms with Gasteiger partial charge >= 0.3 is 0 Å². The van der Waals surface area contributed by atoms with Crippen LogP contribution in [0.1, 0.15) is 19.3 Å². The monoisotopic (exact) mass is 498 g/mol. The lowest BCUT2D eigenvalue weighted by Gasteiger charge is -2.29. The minimum absolute atomic E-state index is 0.00879. The average Bonchev–Trinajstić information content (AvgIpc) is 3.35. The van der Waals surface area contributed by atoms with Gasteiger partial charge in [0.05, 0.1) is 10.0 Å². The van der Waals surface area contributed by atoms with E-state index >= 15 is 0 Å². The van der Waals surface area contributed by atoms with Gasteiger partial charge in [0.15, 0.2) is 13.2 Å². The molecular weight excluding hydrogens is 477 g/mol. The molecule has 6 nitrogen and oxygen atoms in total. The summed E-state index contributed by atoms with van der Waals surface area (Å²) in [5, 5.41) is 5.91. The Morgan fingerprint density at radius 2 is 1.21 bits per heavy atom. The topological polar surface area (TPSA) is 76.7 Å². The van der Waals surface area contributed by atoms with Crippen LogP contribution in [-0.2, 0) is 9.59 Å². The first-order valence-corrected chi connectivity index (χ1v) is 11.3. The molecule has 2 N–H and O–H groups in total. The number of ether oxygens (including phenoxy) is 2. The first kappa shape index (κ1) is 23.6. The normalized spacial score (nSPS) is 23.3. The molecular formula is C23H22Cl2F2N2O4. The van der Waals surface area contributed by atoms with Gasteiger partial charge in [0.1, 0.15) is 23.1 Å². The van der Waals surface area contributed by atoms with Crippen LogP contribution in [-0.4, -0.2) is 37.1 Å². The third-order valence-corrected chi connectivity index (χ3v) is 6.68. The zero-order valence-corrected chi connectivity index (χ0v) is 19.0. The number of amides is 2. The minimum atomic E-state index is -0.610. The van der Waals surface area contributed by atoms with Crippen LogP contribution >= 0.6 is 23.2 Å². The van der Waals surface area contributed by atoms with Gasteiger partial charge in [-0.05, 0) is 55.4 Å². The van der Waals surface area contributed by atoms with Crippen LogP contribution in [0.15, 0.2) is 36.4 Å². The summed E-state index contributed by atoms with van der Waals surface area (Å²) in [7, 11) is 0. The highest BCUT2D eigenvalue weighted by Crippen LogP contribution is 2.44. The quantitative estimate of drug-likeness (QED) is 0.573. The van der Waals surface area contributed by atoms with Gasteiger partial charge in [-0.2, -0.15) is 0 Å². The fraction of sp³-hybridized carbons (Fsp3) is 0.391. The number of hydrogen-bond acceptors (Lipinski definition) is 4. The number of halogens is 4. The summed E-state index contributed by atoms with van der Waals surface area (Å²) in [5.74, 6) is -0.827. The summed E-state index contributed by atoms with van der Waals surface area (Å²) in [4.78, 5) is 24.5. The van der Waals surface area contributed by atoms with Crippen molar-refractivity contribution in [1.82, 2.24) is 10.6 Å². The first-order chi connectivity index (χ1) is 15.8. The lowest BCUT2D eigenvalue weighted by atomic mass is 9.91. The Kier molecular flexibility index (Phi) is 7.24. The molecule has 0 unspecified atom stereocenters. The van der Waals surface area contributed by atoms with Gasteiger partial charge in [0, 0.05) is 24.2 Å². The van der Waals surface area contributed by atoms with E-state index in [9.17, 15) is 18.4 Å². The summed E-state index contributed by atoms with van der Waals surface area (Å²) in [6.45, 7) is -0.449. The molecule has 0 radical (unpaired) electrons.